The number of hydrogen-bond acceptors (Lipinski definition) is 5. The van der Waals surface area contributed by atoms with Crippen LogP contribution in [0.3, 0.4) is 0 Å². The molecule has 1 atom stereocenters. The van der Waals surface area contributed by atoms with E-state index in [0.29, 0.717) is 17.0 Å². The molecule has 0 aliphatic carbocycles. The Hall–Kier alpha value is -3.93. The topological polar surface area (TPSA) is 72.9 Å². The Morgan fingerprint density at radius 1 is 0.848 bits per heavy atom. The van der Waals surface area contributed by atoms with E-state index in [1.165, 1.54) is 0 Å². The van der Waals surface area contributed by atoms with E-state index >= 15 is 0 Å². The molecule has 6 heteroatoms. The molecular formula is C27H25NO5. The van der Waals surface area contributed by atoms with Crippen LogP contribution in [0.1, 0.15) is 27.9 Å². The first-order chi connectivity index (χ1) is 15.9. The third kappa shape index (κ3) is 5.47. The van der Waals surface area contributed by atoms with Gasteiger partial charge in [-0.1, -0.05) is 47.5 Å². The Kier molecular flexibility index (Phi) is 6.54. The molecule has 6 nitrogen and oxygen atoms in total. The largest absolute Gasteiger partial charge is 0.457 e. The number of carbonyl (C=O) groups is 3. The molecule has 0 N–H and O–H groups in total. The molecule has 1 aliphatic heterocycles. The van der Waals surface area contributed by atoms with Crippen LogP contribution in [0.4, 0.5) is 5.69 Å². The van der Waals surface area contributed by atoms with E-state index in [9.17, 15) is 14.4 Å². The number of rotatable bonds is 7. The molecule has 0 radical (unpaired) electrons. The first-order valence-electron chi connectivity index (χ1n) is 10.8. The SMILES string of the molecule is Cc1ccc(Oc2ccc(N3C[C@H](C(=O)OCC(=O)c4ccc(C)cc4)CC3=O)cc2)cc1. The van der Waals surface area contributed by atoms with Gasteiger partial charge in [0.25, 0.3) is 0 Å². The minimum absolute atomic E-state index is 0.0547. The molecule has 0 bridgehead atoms. The number of esters is 1. The van der Waals surface area contributed by atoms with Crippen molar-refractivity contribution in [3.05, 3.63) is 89.5 Å². The summed E-state index contributed by atoms with van der Waals surface area (Å²) in [4.78, 5) is 38.8. The highest BCUT2D eigenvalue weighted by Gasteiger charge is 2.36. The Morgan fingerprint density at radius 3 is 2.00 bits per heavy atom. The lowest BCUT2D eigenvalue weighted by atomic mass is 10.1. The molecule has 1 aliphatic rings. The quantitative estimate of drug-likeness (QED) is 0.385. The van der Waals surface area contributed by atoms with E-state index in [2.05, 4.69) is 0 Å². The average molecular weight is 443 g/mol. The van der Waals surface area contributed by atoms with Crippen LogP contribution in [0.5, 0.6) is 11.5 Å². The monoisotopic (exact) mass is 443 g/mol. The third-order valence-electron chi connectivity index (χ3n) is 5.58. The van der Waals surface area contributed by atoms with Crippen molar-refractivity contribution in [3.8, 4) is 11.5 Å². The average Bonchev–Trinajstić information content (AvgIpc) is 3.21. The van der Waals surface area contributed by atoms with Gasteiger partial charge in [0.05, 0.1) is 5.92 Å². The third-order valence-corrected chi connectivity index (χ3v) is 5.58. The predicted molar refractivity (Wildman–Crippen MR) is 125 cm³/mol. The highest BCUT2D eigenvalue weighted by Crippen LogP contribution is 2.29. The number of hydrogen-bond donors (Lipinski definition) is 0. The van der Waals surface area contributed by atoms with Gasteiger partial charge in [-0.05, 0) is 50.2 Å². The van der Waals surface area contributed by atoms with Gasteiger partial charge in [-0.15, -0.1) is 0 Å². The van der Waals surface area contributed by atoms with Crippen molar-refractivity contribution in [1.82, 2.24) is 0 Å². The lowest BCUT2D eigenvalue weighted by Crippen LogP contribution is -2.27. The van der Waals surface area contributed by atoms with Gasteiger partial charge in [0.2, 0.25) is 5.91 Å². The van der Waals surface area contributed by atoms with Crippen LogP contribution in [-0.4, -0.2) is 30.8 Å². The van der Waals surface area contributed by atoms with Gasteiger partial charge in [0.1, 0.15) is 11.5 Å². The lowest BCUT2D eigenvalue weighted by Gasteiger charge is -2.17. The summed E-state index contributed by atoms with van der Waals surface area (Å²) in [6.07, 6.45) is 0.0547. The van der Waals surface area contributed by atoms with Gasteiger partial charge in [-0.25, -0.2) is 0 Å². The smallest absolute Gasteiger partial charge is 0.311 e. The number of amides is 1. The molecule has 4 rings (SSSR count). The highest BCUT2D eigenvalue weighted by molar-refractivity contribution is 6.01. The second kappa shape index (κ2) is 9.69. The zero-order chi connectivity index (χ0) is 23.4. The summed E-state index contributed by atoms with van der Waals surface area (Å²) in [6, 6.07) is 22.0. The maximum Gasteiger partial charge on any atom is 0.311 e. The molecular weight excluding hydrogens is 418 g/mol. The fraction of sp³-hybridized carbons (Fsp3) is 0.222. The molecule has 1 fully saturated rings. The van der Waals surface area contributed by atoms with Crippen LogP contribution in [0.2, 0.25) is 0 Å². The highest BCUT2D eigenvalue weighted by atomic mass is 16.5. The number of nitrogens with zero attached hydrogens (tertiary/aromatic N) is 1. The zero-order valence-electron chi connectivity index (χ0n) is 18.6. The van der Waals surface area contributed by atoms with Crippen LogP contribution >= 0.6 is 0 Å². The molecule has 0 aromatic heterocycles. The van der Waals surface area contributed by atoms with Crippen molar-refractivity contribution in [2.75, 3.05) is 18.1 Å². The summed E-state index contributed by atoms with van der Waals surface area (Å²) >= 11 is 0. The Labute approximate surface area is 192 Å². The lowest BCUT2D eigenvalue weighted by molar-refractivity contribution is -0.147. The van der Waals surface area contributed by atoms with Crippen molar-refractivity contribution in [2.45, 2.75) is 20.3 Å². The minimum atomic E-state index is -0.605. The predicted octanol–water partition coefficient (Wildman–Crippen LogP) is 4.87. The van der Waals surface area contributed by atoms with E-state index in [1.54, 1.807) is 41.3 Å². The molecule has 0 unspecified atom stereocenters. The van der Waals surface area contributed by atoms with Crippen LogP contribution in [-0.2, 0) is 14.3 Å². The minimum Gasteiger partial charge on any atom is -0.457 e. The zero-order valence-corrected chi connectivity index (χ0v) is 18.6. The summed E-state index contributed by atoms with van der Waals surface area (Å²) in [5, 5.41) is 0. The molecule has 33 heavy (non-hydrogen) atoms. The standard InChI is InChI=1S/C27H25NO5/c1-18-3-7-20(8-4-18)25(29)17-32-27(31)21-15-26(30)28(16-21)22-9-13-24(14-10-22)33-23-11-5-19(2)6-12-23/h3-14,21H,15-17H2,1-2H3/t21-/m1/s1. The molecule has 3 aromatic rings. The first-order valence-corrected chi connectivity index (χ1v) is 10.8. The normalized spacial score (nSPS) is 15.4. The fourth-order valence-corrected chi connectivity index (χ4v) is 3.63. The van der Waals surface area contributed by atoms with Crippen molar-refractivity contribution in [1.29, 1.82) is 0 Å². The number of ether oxygens (including phenoxy) is 2. The van der Waals surface area contributed by atoms with E-state index in [1.807, 2.05) is 50.2 Å². The summed E-state index contributed by atoms with van der Waals surface area (Å²) in [5.41, 5.74) is 3.37. The summed E-state index contributed by atoms with van der Waals surface area (Å²) < 4.78 is 11.0. The number of aryl methyl sites for hydroxylation is 2. The Bertz CT molecular complexity index is 1150. The summed E-state index contributed by atoms with van der Waals surface area (Å²) in [7, 11) is 0. The molecule has 3 aromatic carbocycles. The van der Waals surface area contributed by atoms with Gasteiger partial charge >= 0.3 is 5.97 Å². The van der Waals surface area contributed by atoms with Crippen molar-refractivity contribution >= 4 is 23.3 Å². The first kappa shape index (κ1) is 22.3. The molecule has 1 heterocycles. The Morgan fingerprint density at radius 2 is 1.39 bits per heavy atom. The van der Waals surface area contributed by atoms with E-state index in [0.717, 1.165) is 16.9 Å². The van der Waals surface area contributed by atoms with Crippen molar-refractivity contribution in [3.63, 3.8) is 0 Å². The summed E-state index contributed by atoms with van der Waals surface area (Å²) in [5.74, 6) is -0.187. The molecule has 168 valence electrons. The van der Waals surface area contributed by atoms with Crippen molar-refractivity contribution in [2.24, 2.45) is 5.92 Å². The van der Waals surface area contributed by atoms with Gasteiger partial charge in [-0.3, -0.25) is 14.4 Å². The summed E-state index contributed by atoms with van der Waals surface area (Å²) in [6.45, 7) is 3.82. The van der Waals surface area contributed by atoms with Crippen LogP contribution in [0.15, 0.2) is 72.8 Å². The van der Waals surface area contributed by atoms with Gasteiger partial charge in [-0.2, -0.15) is 0 Å². The maximum atomic E-state index is 12.5. The number of carbonyl (C=O) groups excluding carboxylic acids is 3. The van der Waals surface area contributed by atoms with Gasteiger partial charge in [0, 0.05) is 24.2 Å². The van der Waals surface area contributed by atoms with Crippen LogP contribution in [0.25, 0.3) is 0 Å². The van der Waals surface area contributed by atoms with Crippen LogP contribution in [0, 0.1) is 19.8 Å². The number of Topliss-reactive ketones (excluding diaryl/α,β-unsaturated/α-hetero) is 1. The second-order valence-electron chi connectivity index (χ2n) is 8.21. The molecule has 1 amide bonds. The molecule has 1 saturated heterocycles. The van der Waals surface area contributed by atoms with E-state index in [-0.39, 0.29) is 31.3 Å². The second-order valence-corrected chi connectivity index (χ2v) is 8.21. The van der Waals surface area contributed by atoms with E-state index in [4.69, 9.17) is 9.47 Å². The van der Waals surface area contributed by atoms with Crippen LogP contribution < -0.4 is 9.64 Å². The maximum absolute atomic E-state index is 12.5. The number of benzene rings is 3. The van der Waals surface area contributed by atoms with Gasteiger partial charge < -0.3 is 14.4 Å². The molecule has 0 saturated carbocycles. The number of anilines is 1. The molecule has 0 spiro atoms. The Balaban J connectivity index is 1.32. The van der Waals surface area contributed by atoms with E-state index < -0.39 is 11.9 Å². The number of ketones is 1. The van der Waals surface area contributed by atoms with Gasteiger partial charge in [0.15, 0.2) is 12.4 Å². The van der Waals surface area contributed by atoms with Crippen molar-refractivity contribution < 1.29 is 23.9 Å². The fourth-order valence-electron chi connectivity index (χ4n) is 3.63.